The van der Waals surface area contributed by atoms with Crippen LogP contribution in [0.4, 0.5) is 5.69 Å². The summed E-state index contributed by atoms with van der Waals surface area (Å²) in [5, 5.41) is 5.65. The maximum absolute atomic E-state index is 12.2. The fourth-order valence-corrected chi connectivity index (χ4v) is 2.50. The molecule has 5 heteroatoms. The van der Waals surface area contributed by atoms with Crippen LogP contribution in [0.25, 0.3) is 6.08 Å². The van der Waals surface area contributed by atoms with E-state index in [0.717, 1.165) is 18.7 Å². The lowest BCUT2D eigenvalue weighted by Crippen LogP contribution is -2.24. The second-order valence-corrected chi connectivity index (χ2v) is 5.47. The van der Waals surface area contributed by atoms with Gasteiger partial charge in [0.25, 0.3) is 5.91 Å². The zero-order valence-electron chi connectivity index (χ0n) is 14.0. The summed E-state index contributed by atoms with van der Waals surface area (Å²) in [4.78, 5) is 16.3. The van der Waals surface area contributed by atoms with Crippen LogP contribution < -0.4 is 4.90 Å². The van der Waals surface area contributed by atoms with E-state index in [9.17, 15) is 4.79 Å². The Hall–Kier alpha value is -2.30. The molecule has 0 unspecified atom stereocenters. The van der Waals surface area contributed by atoms with E-state index in [0.29, 0.717) is 11.4 Å². The van der Waals surface area contributed by atoms with Crippen LogP contribution in [0.5, 0.6) is 0 Å². The van der Waals surface area contributed by atoms with Gasteiger partial charge in [0, 0.05) is 39.9 Å². The predicted octanol–water partition coefficient (Wildman–Crippen LogP) is 2.26. The Bertz CT molecular complexity index is 598. The Morgan fingerprint density at radius 3 is 2.23 bits per heavy atom. The minimum absolute atomic E-state index is 0.0727. The summed E-state index contributed by atoms with van der Waals surface area (Å²) >= 11 is 0. The van der Waals surface area contributed by atoms with Crippen LogP contribution in [0.2, 0.25) is 0 Å². The van der Waals surface area contributed by atoms with Gasteiger partial charge in [0.15, 0.2) is 5.84 Å². The van der Waals surface area contributed by atoms with Gasteiger partial charge in [0.05, 0.1) is 5.57 Å². The summed E-state index contributed by atoms with van der Waals surface area (Å²) in [6.45, 7) is 6.26. The summed E-state index contributed by atoms with van der Waals surface area (Å²) in [6.07, 6.45) is 1.90. The molecule has 0 bridgehead atoms. The van der Waals surface area contributed by atoms with Gasteiger partial charge in [-0.1, -0.05) is 12.1 Å². The van der Waals surface area contributed by atoms with E-state index in [1.54, 1.807) is 7.05 Å². The van der Waals surface area contributed by atoms with Gasteiger partial charge >= 0.3 is 0 Å². The van der Waals surface area contributed by atoms with Crippen molar-refractivity contribution in [1.29, 1.82) is 0 Å². The molecule has 5 nitrogen and oxygen atoms in total. The molecule has 0 saturated heterocycles. The van der Waals surface area contributed by atoms with E-state index in [2.05, 4.69) is 36.0 Å². The van der Waals surface area contributed by atoms with Gasteiger partial charge in [0.1, 0.15) is 0 Å². The molecule has 0 aliphatic carbocycles. The van der Waals surface area contributed by atoms with E-state index in [-0.39, 0.29) is 5.91 Å². The monoisotopic (exact) mass is 300 g/mol. The second kappa shape index (κ2) is 6.64. The van der Waals surface area contributed by atoms with Crippen molar-refractivity contribution in [2.75, 3.05) is 39.1 Å². The van der Waals surface area contributed by atoms with Crippen molar-refractivity contribution in [1.82, 2.24) is 9.91 Å². The van der Waals surface area contributed by atoms with Crippen molar-refractivity contribution in [3.05, 3.63) is 35.4 Å². The molecule has 0 fully saturated rings. The fourth-order valence-electron chi connectivity index (χ4n) is 2.50. The van der Waals surface area contributed by atoms with Gasteiger partial charge < -0.3 is 9.80 Å². The third-order valence-electron chi connectivity index (χ3n) is 3.77. The van der Waals surface area contributed by atoms with E-state index in [4.69, 9.17) is 0 Å². The van der Waals surface area contributed by atoms with Crippen molar-refractivity contribution < 1.29 is 4.79 Å². The molecule has 0 atom stereocenters. The number of hydrogen-bond donors (Lipinski definition) is 0. The van der Waals surface area contributed by atoms with Gasteiger partial charge in [-0.2, -0.15) is 5.10 Å². The molecule has 2 rings (SSSR count). The predicted molar refractivity (Wildman–Crippen MR) is 91.9 cm³/mol. The first-order chi connectivity index (χ1) is 10.5. The van der Waals surface area contributed by atoms with E-state index < -0.39 is 0 Å². The lowest BCUT2D eigenvalue weighted by molar-refractivity contribution is -0.124. The zero-order valence-corrected chi connectivity index (χ0v) is 14.0. The molecular weight excluding hydrogens is 276 g/mol. The number of nitrogens with zero attached hydrogens (tertiary/aromatic N) is 4. The normalized spacial score (nSPS) is 16.2. The number of amidine groups is 1. The van der Waals surface area contributed by atoms with Crippen LogP contribution >= 0.6 is 0 Å². The number of carbonyl (C=O) groups excluding carboxylic acids is 1. The Kier molecular flexibility index (Phi) is 4.85. The highest BCUT2D eigenvalue weighted by molar-refractivity contribution is 6.26. The molecule has 1 aliphatic heterocycles. The van der Waals surface area contributed by atoms with Crippen molar-refractivity contribution in [3.63, 3.8) is 0 Å². The average Bonchev–Trinajstić information content (AvgIpc) is 2.79. The highest BCUT2D eigenvalue weighted by Gasteiger charge is 2.28. The number of carbonyl (C=O) groups is 1. The van der Waals surface area contributed by atoms with E-state index in [1.165, 1.54) is 10.7 Å². The number of anilines is 1. The molecule has 0 N–H and O–H groups in total. The molecule has 0 saturated carbocycles. The van der Waals surface area contributed by atoms with Gasteiger partial charge in [-0.05, 0) is 37.6 Å². The largest absolute Gasteiger partial charge is 0.372 e. The van der Waals surface area contributed by atoms with Gasteiger partial charge in [-0.3, -0.25) is 4.79 Å². The number of benzene rings is 1. The summed E-state index contributed by atoms with van der Waals surface area (Å²) in [7, 11) is 5.46. The molecular formula is C17H24N4O. The topological polar surface area (TPSA) is 39.2 Å². The Balaban J connectivity index is 2.29. The summed E-state index contributed by atoms with van der Waals surface area (Å²) in [6, 6.07) is 8.27. The number of rotatable bonds is 4. The van der Waals surface area contributed by atoms with Crippen LogP contribution in [0.3, 0.4) is 0 Å². The third kappa shape index (κ3) is 3.13. The average molecular weight is 300 g/mol. The summed E-state index contributed by atoms with van der Waals surface area (Å²) in [5.41, 5.74) is 2.83. The molecule has 1 heterocycles. The smallest absolute Gasteiger partial charge is 0.277 e. The quantitative estimate of drug-likeness (QED) is 0.801. The van der Waals surface area contributed by atoms with Gasteiger partial charge in [-0.15, -0.1) is 0 Å². The SMILES string of the molecule is CCN(CC)c1ccc(C=C2C(=O)N(C)N=C2N(C)C)cc1. The number of amides is 1. The number of likely N-dealkylation sites (N-methyl/N-ethyl adjacent to an activating group) is 2. The molecule has 22 heavy (non-hydrogen) atoms. The summed E-state index contributed by atoms with van der Waals surface area (Å²) in [5.74, 6) is 0.622. The first-order valence-corrected chi connectivity index (χ1v) is 7.59. The lowest BCUT2D eigenvalue weighted by Gasteiger charge is -2.20. The van der Waals surface area contributed by atoms with Crippen molar-refractivity contribution in [2.24, 2.45) is 5.10 Å². The molecule has 0 aromatic heterocycles. The van der Waals surface area contributed by atoms with Crippen LogP contribution in [-0.4, -0.2) is 55.9 Å². The number of hydrogen-bond acceptors (Lipinski definition) is 4. The minimum atomic E-state index is -0.0727. The maximum atomic E-state index is 12.2. The lowest BCUT2D eigenvalue weighted by atomic mass is 10.1. The number of hydrazone groups is 1. The van der Waals surface area contributed by atoms with Crippen molar-refractivity contribution in [3.8, 4) is 0 Å². The van der Waals surface area contributed by atoms with Gasteiger partial charge in [0.2, 0.25) is 0 Å². The first-order valence-electron chi connectivity index (χ1n) is 7.59. The molecule has 1 aromatic carbocycles. The van der Waals surface area contributed by atoms with Crippen molar-refractivity contribution >= 4 is 23.5 Å². The Morgan fingerprint density at radius 2 is 1.73 bits per heavy atom. The molecule has 0 radical (unpaired) electrons. The standard InChI is InChI=1S/C17H24N4O/c1-6-21(7-2)14-10-8-13(9-11-14)12-15-16(19(3)4)18-20(5)17(15)22/h8-12H,6-7H2,1-5H3. The molecule has 0 spiro atoms. The molecule has 1 amide bonds. The molecule has 1 aliphatic rings. The first kappa shape index (κ1) is 16.1. The molecule has 118 valence electrons. The van der Waals surface area contributed by atoms with E-state index >= 15 is 0 Å². The van der Waals surface area contributed by atoms with Crippen LogP contribution in [0, 0.1) is 0 Å². The maximum Gasteiger partial charge on any atom is 0.277 e. The summed E-state index contributed by atoms with van der Waals surface area (Å²) < 4.78 is 0. The minimum Gasteiger partial charge on any atom is -0.372 e. The Labute approximate surface area is 132 Å². The second-order valence-electron chi connectivity index (χ2n) is 5.47. The van der Waals surface area contributed by atoms with E-state index in [1.807, 2.05) is 37.2 Å². The van der Waals surface area contributed by atoms with Crippen LogP contribution in [0.1, 0.15) is 19.4 Å². The molecule has 1 aromatic rings. The van der Waals surface area contributed by atoms with Crippen LogP contribution in [-0.2, 0) is 4.79 Å². The third-order valence-corrected chi connectivity index (χ3v) is 3.77. The van der Waals surface area contributed by atoms with Crippen molar-refractivity contribution in [2.45, 2.75) is 13.8 Å². The fraction of sp³-hybridized carbons (Fsp3) is 0.412. The van der Waals surface area contributed by atoms with Crippen LogP contribution in [0.15, 0.2) is 34.9 Å². The zero-order chi connectivity index (χ0) is 16.3. The Morgan fingerprint density at radius 1 is 1.14 bits per heavy atom. The highest BCUT2D eigenvalue weighted by Crippen LogP contribution is 2.20. The van der Waals surface area contributed by atoms with Gasteiger partial charge in [-0.25, -0.2) is 5.01 Å². The highest BCUT2D eigenvalue weighted by atomic mass is 16.2.